The molecule has 0 radical (unpaired) electrons. The molecule has 0 spiro atoms. The number of amides is 1. The van der Waals surface area contributed by atoms with E-state index in [4.69, 9.17) is 4.52 Å². The van der Waals surface area contributed by atoms with E-state index in [2.05, 4.69) is 15.2 Å². The van der Waals surface area contributed by atoms with E-state index >= 15 is 0 Å². The highest BCUT2D eigenvalue weighted by Gasteiger charge is 2.14. The summed E-state index contributed by atoms with van der Waals surface area (Å²) in [6.07, 6.45) is 0. The number of rotatable bonds is 4. The molecule has 1 amide bonds. The van der Waals surface area contributed by atoms with Gasteiger partial charge in [0, 0.05) is 11.6 Å². The van der Waals surface area contributed by atoms with Crippen molar-refractivity contribution in [3.05, 3.63) is 42.1 Å². The van der Waals surface area contributed by atoms with Crippen molar-refractivity contribution in [3.63, 3.8) is 0 Å². The Kier molecular flexibility index (Phi) is 3.92. The summed E-state index contributed by atoms with van der Waals surface area (Å²) < 4.78 is 9.49. The number of nitrogens with zero attached hydrogens (tertiary/aromatic N) is 1. The van der Waals surface area contributed by atoms with Gasteiger partial charge in [-0.25, -0.2) is 0 Å². The lowest BCUT2D eigenvalue weighted by molar-refractivity contribution is -0.139. The average molecular weight is 260 g/mol. The van der Waals surface area contributed by atoms with Crippen molar-refractivity contribution in [2.24, 2.45) is 0 Å². The van der Waals surface area contributed by atoms with Crippen molar-refractivity contribution in [1.29, 1.82) is 0 Å². The van der Waals surface area contributed by atoms with Crippen LogP contribution in [0.15, 0.2) is 40.9 Å². The molecule has 2 aromatic rings. The molecule has 0 aliphatic rings. The van der Waals surface area contributed by atoms with E-state index in [0.717, 1.165) is 5.56 Å². The summed E-state index contributed by atoms with van der Waals surface area (Å²) in [6.45, 7) is -0.205. The number of methoxy groups -OCH3 is 1. The van der Waals surface area contributed by atoms with Gasteiger partial charge < -0.3 is 14.6 Å². The highest BCUT2D eigenvalue weighted by Crippen LogP contribution is 2.19. The molecule has 0 saturated carbocycles. The van der Waals surface area contributed by atoms with Crippen LogP contribution in [0.25, 0.3) is 11.3 Å². The van der Waals surface area contributed by atoms with E-state index in [1.165, 1.54) is 13.2 Å². The van der Waals surface area contributed by atoms with E-state index < -0.39 is 11.9 Å². The van der Waals surface area contributed by atoms with Crippen molar-refractivity contribution in [2.45, 2.75) is 0 Å². The molecule has 1 N–H and O–H groups in total. The molecule has 98 valence electrons. The number of benzene rings is 1. The van der Waals surface area contributed by atoms with E-state index in [0.29, 0.717) is 5.76 Å². The molecule has 0 atom stereocenters. The standard InChI is InChI=1S/C13H12N2O4/c1-18-12(16)8-14-13(17)10-7-11(19-15-10)9-5-3-2-4-6-9/h2-7H,8H2,1H3,(H,14,17). The van der Waals surface area contributed by atoms with Gasteiger partial charge in [0.05, 0.1) is 7.11 Å². The maximum Gasteiger partial charge on any atom is 0.325 e. The lowest BCUT2D eigenvalue weighted by atomic mass is 10.1. The van der Waals surface area contributed by atoms with Gasteiger partial charge >= 0.3 is 5.97 Å². The minimum absolute atomic E-state index is 0.114. The Morgan fingerprint density at radius 3 is 2.74 bits per heavy atom. The van der Waals surface area contributed by atoms with Crippen LogP contribution in [0.2, 0.25) is 0 Å². The first-order chi connectivity index (χ1) is 9.20. The van der Waals surface area contributed by atoms with Crippen molar-refractivity contribution in [2.75, 3.05) is 13.7 Å². The number of hydrogen-bond donors (Lipinski definition) is 1. The van der Waals surface area contributed by atoms with Crippen LogP contribution in [0.1, 0.15) is 10.5 Å². The van der Waals surface area contributed by atoms with Gasteiger partial charge in [0.2, 0.25) is 0 Å². The average Bonchev–Trinajstić information content (AvgIpc) is 2.95. The van der Waals surface area contributed by atoms with Gasteiger partial charge in [-0.2, -0.15) is 0 Å². The molecular formula is C13H12N2O4. The smallest absolute Gasteiger partial charge is 0.325 e. The van der Waals surface area contributed by atoms with Gasteiger partial charge in [-0.05, 0) is 0 Å². The van der Waals surface area contributed by atoms with Gasteiger partial charge in [0.1, 0.15) is 6.54 Å². The molecule has 6 nitrogen and oxygen atoms in total. The molecule has 0 aliphatic heterocycles. The molecule has 0 saturated heterocycles. The third-order valence-corrected chi connectivity index (χ3v) is 2.42. The van der Waals surface area contributed by atoms with Crippen molar-refractivity contribution in [1.82, 2.24) is 10.5 Å². The Bertz CT molecular complexity index is 577. The largest absolute Gasteiger partial charge is 0.468 e. The predicted octanol–water partition coefficient (Wildman–Crippen LogP) is 1.24. The van der Waals surface area contributed by atoms with Crippen molar-refractivity contribution < 1.29 is 18.8 Å². The maximum atomic E-state index is 11.7. The minimum Gasteiger partial charge on any atom is -0.468 e. The molecule has 1 aromatic carbocycles. The SMILES string of the molecule is COC(=O)CNC(=O)c1cc(-c2ccccc2)on1. The third-order valence-electron chi connectivity index (χ3n) is 2.42. The zero-order chi connectivity index (χ0) is 13.7. The first-order valence-electron chi connectivity index (χ1n) is 5.58. The van der Waals surface area contributed by atoms with E-state index in [9.17, 15) is 9.59 Å². The Labute approximate surface area is 109 Å². The summed E-state index contributed by atoms with van der Waals surface area (Å²) in [7, 11) is 1.25. The Hall–Kier alpha value is -2.63. The molecule has 2 rings (SSSR count). The summed E-state index contributed by atoms with van der Waals surface area (Å²) in [4.78, 5) is 22.6. The highest BCUT2D eigenvalue weighted by atomic mass is 16.5. The monoisotopic (exact) mass is 260 g/mol. The molecule has 1 aromatic heterocycles. The fraction of sp³-hybridized carbons (Fsp3) is 0.154. The quantitative estimate of drug-likeness (QED) is 0.836. The zero-order valence-corrected chi connectivity index (χ0v) is 10.3. The topological polar surface area (TPSA) is 81.4 Å². The van der Waals surface area contributed by atoms with Crippen LogP contribution in [-0.4, -0.2) is 30.7 Å². The molecule has 19 heavy (non-hydrogen) atoms. The van der Waals surface area contributed by atoms with Crippen molar-refractivity contribution >= 4 is 11.9 Å². The maximum absolute atomic E-state index is 11.7. The Balaban J connectivity index is 2.05. The number of nitrogens with one attached hydrogen (secondary N) is 1. The Morgan fingerprint density at radius 2 is 2.05 bits per heavy atom. The van der Waals surface area contributed by atoms with Crippen LogP contribution >= 0.6 is 0 Å². The third kappa shape index (κ3) is 3.19. The van der Waals surface area contributed by atoms with Gasteiger partial charge in [-0.1, -0.05) is 35.5 Å². The molecule has 0 unspecified atom stereocenters. The van der Waals surface area contributed by atoms with Crippen LogP contribution in [-0.2, 0) is 9.53 Å². The van der Waals surface area contributed by atoms with E-state index in [1.807, 2.05) is 30.3 Å². The first-order valence-corrected chi connectivity index (χ1v) is 5.58. The summed E-state index contributed by atoms with van der Waals surface area (Å²) in [6, 6.07) is 10.8. The summed E-state index contributed by atoms with van der Waals surface area (Å²) in [5.41, 5.74) is 0.935. The number of aromatic nitrogens is 1. The van der Waals surface area contributed by atoms with Gasteiger partial charge in [-0.15, -0.1) is 0 Å². The fourth-order valence-electron chi connectivity index (χ4n) is 1.44. The van der Waals surface area contributed by atoms with Gasteiger partial charge in [0.25, 0.3) is 5.91 Å². The molecule has 0 aliphatic carbocycles. The second-order valence-electron chi connectivity index (χ2n) is 3.70. The summed E-state index contributed by atoms with van der Waals surface area (Å²) >= 11 is 0. The highest BCUT2D eigenvalue weighted by molar-refractivity contribution is 5.94. The molecule has 0 fully saturated rings. The minimum atomic E-state index is -0.528. The summed E-state index contributed by atoms with van der Waals surface area (Å²) in [5.74, 6) is -0.528. The second kappa shape index (κ2) is 5.81. The number of esters is 1. The van der Waals surface area contributed by atoms with Crippen LogP contribution in [0.3, 0.4) is 0 Å². The second-order valence-corrected chi connectivity index (χ2v) is 3.70. The molecule has 6 heteroatoms. The molecular weight excluding hydrogens is 248 g/mol. The Morgan fingerprint density at radius 1 is 1.32 bits per heavy atom. The predicted molar refractivity (Wildman–Crippen MR) is 66.3 cm³/mol. The fourth-order valence-corrected chi connectivity index (χ4v) is 1.44. The first kappa shape index (κ1) is 12.8. The van der Waals surface area contributed by atoms with E-state index in [-0.39, 0.29) is 12.2 Å². The van der Waals surface area contributed by atoms with Crippen LogP contribution < -0.4 is 5.32 Å². The number of hydrogen-bond acceptors (Lipinski definition) is 5. The molecule has 1 heterocycles. The lowest BCUT2D eigenvalue weighted by Crippen LogP contribution is -2.30. The van der Waals surface area contributed by atoms with Crippen LogP contribution in [0.4, 0.5) is 0 Å². The van der Waals surface area contributed by atoms with Gasteiger partial charge in [0.15, 0.2) is 11.5 Å². The summed E-state index contributed by atoms with van der Waals surface area (Å²) in [5, 5.41) is 6.04. The number of carbonyl (C=O) groups is 2. The van der Waals surface area contributed by atoms with Crippen LogP contribution in [0, 0.1) is 0 Å². The van der Waals surface area contributed by atoms with Crippen LogP contribution in [0.5, 0.6) is 0 Å². The van der Waals surface area contributed by atoms with E-state index in [1.54, 1.807) is 0 Å². The molecule has 0 bridgehead atoms. The van der Waals surface area contributed by atoms with Crippen molar-refractivity contribution in [3.8, 4) is 11.3 Å². The lowest BCUT2D eigenvalue weighted by Gasteiger charge is -1.99. The zero-order valence-electron chi connectivity index (χ0n) is 10.3. The normalized spacial score (nSPS) is 9.95. The number of ether oxygens (including phenoxy) is 1. The van der Waals surface area contributed by atoms with Gasteiger partial charge in [-0.3, -0.25) is 9.59 Å². The number of carbonyl (C=O) groups excluding carboxylic acids is 2.